The summed E-state index contributed by atoms with van der Waals surface area (Å²) < 4.78 is 0. The van der Waals surface area contributed by atoms with Crippen LogP contribution in [-0.2, 0) is 16.0 Å². The van der Waals surface area contributed by atoms with Gasteiger partial charge in [-0.3, -0.25) is 19.3 Å². The number of hydrogen-bond acceptors (Lipinski definition) is 4. The van der Waals surface area contributed by atoms with Crippen LogP contribution in [0.5, 0.6) is 0 Å². The van der Waals surface area contributed by atoms with Crippen molar-refractivity contribution in [2.75, 3.05) is 13.1 Å². The third-order valence-corrected chi connectivity index (χ3v) is 3.80. The van der Waals surface area contributed by atoms with E-state index in [-0.39, 0.29) is 18.2 Å². The molecule has 6 nitrogen and oxygen atoms in total. The first-order valence-corrected chi connectivity index (χ1v) is 8.14. The maximum Gasteiger partial charge on any atom is 0.334 e. The van der Waals surface area contributed by atoms with E-state index in [1.807, 2.05) is 26.0 Å². The minimum absolute atomic E-state index is 0.0486. The summed E-state index contributed by atoms with van der Waals surface area (Å²) in [5, 5.41) is 0. The molecule has 1 aromatic rings. The predicted molar refractivity (Wildman–Crippen MR) is 88.4 cm³/mol. The first-order valence-electron chi connectivity index (χ1n) is 8.14. The Kier molecular flexibility index (Phi) is 5.49. The van der Waals surface area contributed by atoms with Crippen LogP contribution in [0.15, 0.2) is 24.3 Å². The number of rotatable bonds is 7. The largest absolute Gasteiger partial charge is 0.334 e. The molecule has 4 amide bonds. The second-order valence-electron chi connectivity index (χ2n) is 6.35. The molecular formula is C18H22N2O4. The predicted octanol–water partition coefficient (Wildman–Crippen LogP) is 2.27. The highest BCUT2D eigenvalue weighted by Gasteiger charge is 2.45. The lowest BCUT2D eigenvalue weighted by Gasteiger charge is -2.16. The molecule has 0 saturated carbocycles. The third kappa shape index (κ3) is 3.69. The van der Waals surface area contributed by atoms with Gasteiger partial charge in [-0.05, 0) is 17.9 Å². The van der Waals surface area contributed by atoms with E-state index in [2.05, 4.69) is 6.92 Å². The molecule has 1 fully saturated rings. The molecule has 24 heavy (non-hydrogen) atoms. The fraction of sp³-hybridized carbons (Fsp3) is 0.444. The SMILES string of the molecule is CCCc1ccc(C(=O)CN2C(=O)C(=O)N(CC(C)C)C2=O)cc1. The highest BCUT2D eigenvalue weighted by molar-refractivity contribution is 6.45. The Labute approximate surface area is 141 Å². The van der Waals surface area contributed by atoms with Gasteiger partial charge in [0.25, 0.3) is 0 Å². The molecule has 1 heterocycles. The van der Waals surface area contributed by atoms with E-state index in [4.69, 9.17) is 0 Å². The molecule has 0 aliphatic carbocycles. The number of Topliss-reactive ketones (excluding diaryl/α,β-unsaturated/α-hetero) is 1. The van der Waals surface area contributed by atoms with E-state index in [1.165, 1.54) is 0 Å². The number of urea groups is 1. The zero-order valence-corrected chi connectivity index (χ0v) is 14.2. The summed E-state index contributed by atoms with van der Waals surface area (Å²) in [7, 11) is 0. The van der Waals surface area contributed by atoms with Crippen molar-refractivity contribution < 1.29 is 19.2 Å². The molecular weight excluding hydrogens is 308 g/mol. The van der Waals surface area contributed by atoms with Crippen LogP contribution in [0.3, 0.4) is 0 Å². The van der Waals surface area contributed by atoms with Gasteiger partial charge in [0, 0.05) is 12.1 Å². The summed E-state index contributed by atoms with van der Waals surface area (Å²) in [6.07, 6.45) is 1.94. The number of amides is 4. The van der Waals surface area contributed by atoms with E-state index < -0.39 is 24.4 Å². The third-order valence-electron chi connectivity index (χ3n) is 3.80. The average molecular weight is 330 g/mol. The summed E-state index contributed by atoms with van der Waals surface area (Å²) in [6.45, 7) is 5.52. The normalized spacial score (nSPS) is 14.9. The Balaban J connectivity index is 2.09. The van der Waals surface area contributed by atoms with Crippen LogP contribution in [0.25, 0.3) is 0 Å². The second-order valence-corrected chi connectivity index (χ2v) is 6.35. The Morgan fingerprint density at radius 1 is 1.00 bits per heavy atom. The molecule has 0 bridgehead atoms. The quantitative estimate of drug-likeness (QED) is 0.437. The Bertz CT molecular complexity index is 664. The molecule has 6 heteroatoms. The molecule has 0 aromatic heterocycles. The Hall–Kier alpha value is -2.50. The molecule has 0 radical (unpaired) electrons. The summed E-state index contributed by atoms with van der Waals surface area (Å²) in [5.41, 5.74) is 1.55. The fourth-order valence-corrected chi connectivity index (χ4v) is 2.60. The van der Waals surface area contributed by atoms with Crippen LogP contribution in [0, 0.1) is 5.92 Å². The van der Waals surface area contributed by atoms with Crippen LogP contribution in [0.1, 0.15) is 43.1 Å². The number of ketones is 1. The zero-order valence-electron chi connectivity index (χ0n) is 14.2. The van der Waals surface area contributed by atoms with Gasteiger partial charge in [-0.25, -0.2) is 9.69 Å². The summed E-state index contributed by atoms with van der Waals surface area (Å²) >= 11 is 0. The number of hydrogen-bond donors (Lipinski definition) is 0. The van der Waals surface area contributed by atoms with Crippen LogP contribution in [-0.4, -0.2) is 46.5 Å². The lowest BCUT2D eigenvalue weighted by molar-refractivity contribution is -0.143. The van der Waals surface area contributed by atoms with E-state index in [0.29, 0.717) is 5.56 Å². The summed E-state index contributed by atoms with van der Waals surface area (Å²) in [4.78, 5) is 50.1. The van der Waals surface area contributed by atoms with Crippen LogP contribution >= 0.6 is 0 Å². The van der Waals surface area contributed by atoms with E-state index in [0.717, 1.165) is 28.2 Å². The van der Waals surface area contributed by atoms with Gasteiger partial charge in [-0.1, -0.05) is 51.5 Å². The van der Waals surface area contributed by atoms with Crippen molar-refractivity contribution in [2.24, 2.45) is 5.92 Å². The Morgan fingerprint density at radius 3 is 2.12 bits per heavy atom. The number of aryl methyl sites for hydroxylation is 1. The van der Waals surface area contributed by atoms with Crippen molar-refractivity contribution in [2.45, 2.75) is 33.6 Å². The lowest BCUT2D eigenvalue weighted by atomic mass is 10.1. The van der Waals surface area contributed by atoms with E-state index >= 15 is 0 Å². The number of benzene rings is 1. The molecule has 0 N–H and O–H groups in total. The lowest BCUT2D eigenvalue weighted by Crippen LogP contribution is -2.38. The monoisotopic (exact) mass is 330 g/mol. The van der Waals surface area contributed by atoms with Gasteiger partial charge in [0.2, 0.25) is 0 Å². The van der Waals surface area contributed by atoms with E-state index in [1.54, 1.807) is 12.1 Å². The van der Waals surface area contributed by atoms with Crippen molar-refractivity contribution in [1.29, 1.82) is 0 Å². The first-order chi connectivity index (χ1) is 11.3. The van der Waals surface area contributed by atoms with Crippen molar-refractivity contribution in [1.82, 2.24) is 9.80 Å². The smallest absolute Gasteiger partial charge is 0.292 e. The minimum atomic E-state index is -0.934. The fourth-order valence-electron chi connectivity index (χ4n) is 2.60. The van der Waals surface area contributed by atoms with Gasteiger partial charge in [0.05, 0.1) is 6.54 Å². The molecule has 0 atom stereocenters. The van der Waals surface area contributed by atoms with Gasteiger partial charge >= 0.3 is 17.8 Å². The molecule has 1 saturated heterocycles. The first kappa shape index (κ1) is 17.8. The molecule has 128 valence electrons. The zero-order chi connectivity index (χ0) is 17.9. The standard InChI is InChI=1S/C18H22N2O4/c1-4-5-13-6-8-14(9-7-13)15(21)11-20-17(23)16(22)19(18(20)24)10-12(2)3/h6-9,12H,4-5,10-11H2,1-3H3. The molecule has 0 spiro atoms. The molecule has 1 aliphatic heterocycles. The molecule has 1 aromatic carbocycles. The van der Waals surface area contributed by atoms with Gasteiger partial charge < -0.3 is 0 Å². The average Bonchev–Trinajstić information content (AvgIpc) is 2.73. The number of nitrogens with zero attached hydrogens (tertiary/aromatic N) is 2. The molecule has 1 aliphatic rings. The van der Waals surface area contributed by atoms with Gasteiger partial charge in [0.1, 0.15) is 0 Å². The van der Waals surface area contributed by atoms with Crippen molar-refractivity contribution in [3.05, 3.63) is 35.4 Å². The second kappa shape index (κ2) is 7.38. The van der Waals surface area contributed by atoms with Gasteiger partial charge in [-0.2, -0.15) is 0 Å². The van der Waals surface area contributed by atoms with Crippen LogP contribution in [0.4, 0.5) is 4.79 Å². The maximum absolute atomic E-state index is 12.3. The minimum Gasteiger partial charge on any atom is -0.292 e. The van der Waals surface area contributed by atoms with Crippen molar-refractivity contribution in [3.8, 4) is 0 Å². The topological polar surface area (TPSA) is 74.8 Å². The highest BCUT2D eigenvalue weighted by atomic mass is 16.2. The summed E-state index contributed by atoms with van der Waals surface area (Å²) in [6, 6.07) is 6.38. The van der Waals surface area contributed by atoms with Crippen LogP contribution in [0.2, 0.25) is 0 Å². The van der Waals surface area contributed by atoms with Crippen LogP contribution < -0.4 is 0 Å². The van der Waals surface area contributed by atoms with E-state index in [9.17, 15) is 19.2 Å². The van der Waals surface area contributed by atoms with Gasteiger partial charge in [0.15, 0.2) is 5.78 Å². The van der Waals surface area contributed by atoms with Crippen molar-refractivity contribution >= 4 is 23.6 Å². The number of carbonyl (C=O) groups is 4. The molecule has 0 unspecified atom stereocenters. The van der Waals surface area contributed by atoms with Crippen molar-refractivity contribution in [3.63, 3.8) is 0 Å². The van der Waals surface area contributed by atoms with Gasteiger partial charge in [-0.15, -0.1) is 0 Å². The highest BCUT2D eigenvalue weighted by Crippen LogP contribution is 2.15. The maximum atomic E-state index is 12.3. The Morgan fingerprint density at radius 2 is 1.58 bits per heavy atom. The summed E-state index contributed by atoms with van der Waals surface area (Å²) in [5.74, 6) is -2.11. The number of carbonyl (C=O) groups excluding carboxylic acids is 4. The molecule has 2 rings (SSSR count). The number of imide groups is 2.